The van der Waals surface area contributed by atoms with E-state index in [1.54, 1.807) is 42.3 Å². The highest BCUT2D eigenvalue weighted by atomic mass is 35.5. The van der Waals surface area contributed by atoms with Crippen LogP contribution in [0.1, 0.15) is 35.2 Å². The zero-order valence-electron chi connectivity index (χ0n) is 17.3. The smallest absolute Gasteiger partial charge is 0.253 e. The van der Waals surface area contributed by atoms with Gasteiger partial charge in [-0.3, -0.25) is 9.59 Å². The third-order valence-electron chi connectivity index (χ3n) is 5.65. The van der Waals surface area contributed by atoms with Crippen molar-refractivity contribution < 1.29 is 19.1 Å². The molecule has 0 aromatic heterocycles. The summed E-state index contributed by atoms with van der Waals surface area (Å²) in [7, 11) is 1.57. The molecular weight excluding hydrogens is 404 g/mol. The van der Waals surface area contributed by atoms with Crippen LogP contribution in [0.5, 0.6) is 11.5 Å². The van der Waals surface area contributed by atoms with Crippen LogP contribution in [0, 0.1) is 12.3 Å². The summed E-state index contributed by atoms with van der Waals surface area (Å²) in [4.78, 5) is 26.4. The lowest BCUT2D eigenvalue weighted by Crippen LogP contribution is -2.47. The van der Waals surface area contributed by atoms with E-state index in [1.807, 2.05) is 19.1 Å². The van der Waals surface area contributed by atoms with Crippen molar-refractivity contribution in [2.45, 2.75) is 26.2 Å². The molecule has 2 amide bonds. The maximum Gasteiger partial charge on any atom is 0.253 e. The van der Waals surface area contributed by atoms with Crippen LogP contribution in [-0.2, 0) is 4.79 Å². The van der Waals surface area contributed by atoms with Gasteiger partial charge in [0.1, 0.15) is 11.5 Å². The molecular formula is C23H27ClN2O4. The zero-order chi connectivity index (χ0) is 21.7. The maximum atomic E-state index is 12.9. The van der Waals surface area contributed by atoms with Crippen LogP contribution < -0.4 is 15.2 Å². The lowest BCUT2D eigenvalue weighted by atomic mass is 9.76. The highest BCUT2D eigenvalue weighted by molar-refractivity contribution is 6.31. The van der Waals surface area contributed by atoms with Gasteiger partial charge in [-0.05, 0) is 61.7 Å². The largest absolute Gasteiger partial charge is 0.497 e. The molecule has 3 rings (SSSR count). The van der Waals surface area contributed by atoms with Crippen molar-refractivity contribution in [2.75, 3.05) is 26.8 Å². The summed E-state index contributed by atoms with van der Waals surface area (Å²) >= 11 is 6.08. The van der Waals surface area contributed by atoms with Crippen molar-refractivity contribution >= 4 is 23.4 Å². The molecule has 1 aliphatic rings. The Morgan fingerprint density at radius 2 is 1.87 bits per heavy atom. The average molecular weight is 431 g/mol. The molecule has 0 atom stereocenters. The Labute approximate surface area is 181 Å². The Hall–Kier alpha value is -2.73. The number of likely N-dealkylation sites (tertiary alicyclic amines) is 1. The summed E-state index contributed by atoms with van der Waals surface area (Å²) in [6, 6.07) is 12.6. The molecule has 1 saturated heterocycles. The second kappa shape index (κ2) is 9.39. The van der Waals surface area contributed by atoms with E-state index >= 15 is 0 Å². The van der Waals surface area contributed by atoms with Gasteiger partial charge in [0.15, 0.2) is 0 Å². The van der Waals surface area contributed by atoms with Gasteiger partial charge in [-0.15, -0.1) is 0 Å². The summed E-state index contributed by atoms with van der Waals surface area (Å²) in [6.45, 7) is 3.34. The molecule has 0 spiro atoms. The Morgan fingerprint density at radius 1 is 1.13 bits per heavy atom. The number of aryl methyl sites for hydroxylation is 1. The van der Waals surface area contributed by atoms with Crippen molar-refractivity contribution in [3.8, 4) is 11.5 Å². The van der Waals surface area contributed by atoms with Gasteiger partial charge in [-0.2, -0.15) is 0 Å². The van der Waals surface area contributed by atoms with Gasteiger partial charge in [0, 0.05) is 35.5 Å². The molecule has 0 unspecified atom stereocenters. The van der Waals surface area contributed by atoms with Crippen LogP contribution in [0.2, 0.25) is 5.02 Å². The van der Waals surface area contributed by atoms with Gasteiger partial charge in [0.05, 0.1) is 13.7 Å². The quantitative estimate of drug-likeness (QED) is 0.723. The highest BCUT2D eigenvalue weighted by Crippen LogP contribution is 2.36. The van der Waals surface area contributed by atoms with Crippen molar-refractivity contribution in [2.24, 2.45) is 11.1 Å². The third kappa shape index (κ3) is 5.25. The van der Waals surface area contributed by atoms with E-state index in [4.69, 9.17) is 26.8 Å². The van der Waals surface area contributed by atoms with Crippen molar-refractivity contribution in [3.63, 3.8) is 0 Å². The first kappa shape index (κ1) is 22.0. The molecule has 2 aromatic carbocycles. The van der Waals surface area contributed by atoms with Gasteiger partial charge in [-0.1, -0.05) is 17.7 Å². The first-order chi connectivity index (χ1) is 14.3. The van der Waals surface area contributed by atoms with E-state index < -0.39 is 5.41 Å². The molecule has 160 valence electrons. The number of hydrogen-bond acceptors (Lipinski definition) is 4. The highest BCUT2D eigenvalue weighted by Gasteiger charge is 2.38. The van der Waals surface area contributed by atoms with Gasteiger partial charge >= 0.3 is 0 Å². The lowest BCUT2D eigenvalue weighted by Gasteiger charge is -2.41. The molecule has 2 N–H and O–H groups in total. The van der Waals surface area contributed by atoms with Crippen molar-refractivity contribution in [3.05, 3.63) is 58.6 Å². The molecule has 0 radical (unpaired) electrons. The Kier molecular flexibility index (Phi) is 6.87. The van der Waals surface area contributed by atoms with Gasteiger partial charge in [0.25, 0.3) is 5.91 Å². The minimum atomic E-state index is -0.398. The number of rotatable bonds is 7. The number of primary amides is 1. The normalized spacial score (nSPS) is 15.5. The molecule has 0 saturated carbocycles. The summed E-state index contributed by atoms with van der Waals surface area (Å²) < 4.78 is 11.2. The lowest BCUT2D eigenvalue weighted by molar-refractivity contribution is -0.121. The van der Waals surface area contributed by atoms with Crippen LogP contribution in [0.4, 0.5) is 0 Å². The number of nitrogens with zero attached hydrogens (tertiary/aromatic N) is 1. The van der Waals surface area contributed by atoms with Crippen LogP contribution in [-0.4, -0.2) is 43.5 Å². The Morgan fingerprint density at radius 3 is 2.50 bits per heavy atom. The van der Waals surface area contributed by atoms with E-state index in [1.165, 1.54) is 0 Å². The number of amides is 2. The van der Waals surface area contributed by atoms with E-state index in [2.05, 4.69) is 0 Å². The fourth-order valence-electron chi connectivity index (χ4n) is 3.81. The molecule has 1 heterocycles. The van der Waals surface area contributed by atoms with E-state index in [0.29, 0.717) is 54.6 Å². The fraction of sp³-hybridized carbons (Fsp3) is 0.391. The maximum absolute atomic E-state index is 12.9. The summed E-state index contributed by atoms with van der Waals surface area (Å²) in [5.41, 5.74) is 6.65. The van der Waals surface area contributed by atoms with Crippen LogP contribution in [0.25, 0.3) is 0 Å². The Bertz CT molecular complexity index is 923. The van der Waals surface area contributed by atoms with Gasteiger partial charge in [-0.25, -0.2) is 0 Å². The van der Waals surface area contributed by atoms with Crippen LogP contribution in [0.3, 0.4) is 0 Å². The van der Waals surface area contributed by atoms with Gasteiger partial charge < -0.3 is 20.1 Å². The molecule has 1 fully saturated rings. The Balaban J connectivity index is 1.67. The first-order valence-electron chi connectivity index (χ1n) is 9.92. The molecule has 2 aromatic rings. The number of ether oxygens (including phenoxy) is 2. The third-order valence-corrected chi connectivity index (χ3v) is 6.08. The topological polar surface area (TPSA) is 81.9 Å². The van der Waals surface area contributed by atoms with Crippen LogP contribution >= 0.6 is 11.6 Å². The summed E-state index contributed by atoms with van der Waals surface area (Å²) in [5, 5.41) is 0.679. The monoisotopic (exact) mass is 430 g/mol. The van der Waals surface area contributed by atoms with Crippen molar-refractivity contribution in [1.29, 1.82) is 0 Å². The predicted octanol–water partition coefficient (Wildman–Crippen LogP) is 3.83. The molecule has 0 bridgehead atoms. The first-order valence-corrected chi connectivity index (χ1v) is 10.3. The molecule has 6 nitrogen and oxygen atoms in total. The van der Waals surface area contributed by atoms with E-state index in [-0.39, 0.29) is 18.2 Å². The molecule has 0 aliphatic carbocycles. The number of methoxy groups -OCH3 is 1. The van der Waals surface area contributed by atoms with E-state index in [9.17, 15) is 9.59 Å². The van der Waals surface area contributed by atoms with Gasteiger partial charge in [0.2, 0.25) is 5.91 Å². The number of nitrogens with two attached hydrogens (primary N) is 1. The number of piperidine rings is 1. The SMILES string of the molecule is COc1cccc(C(=O)N2CCC(COc3ccc(Cl)c(C)c3)(CC(N)=O)CC2)c1. The summed E-state index contributed by atoms with van der Waals surface area (Å²) in [6.07, 6.45) is 1.50. The molecule has 7 heteroatoms. The average Bonchev–Trinajstić information content (AvgIpc) is 2.74. The standard InChI is InChI=1S/C23H27ClN2O4/c1-16-12-19(6-7-20(16)24)30-15-23(14-21(25)27)8-10-26(11-9-23)22(28)17-4-3-5-18(13-17)29-2/h3-7,12-13H,8-11,14-15H2,1-2H3,(H2,25,27). The number of benzene rings is 2. The minimum Gasteiger partial charge on any atom is -0.497 e. The minimum absolute atomic E-state index is 0.0455. The zero-order valence-corrected chi connectivity index (χ0v) is 18.1. The molecule has 30 heavy (non-hydrogen) atoms. The van der Waals surface area contributed by atoms with Crippen molar-refractivity contribution in [1.82, 2.24) is 4.90 Å². The second-order valence-electron chi connectivity index (χ2n) is 7.87. The number of halogens is 1. The fourth-order valence-corrected chi connectivity index (χ4v) is 3.93. The number of carbonyl (C=O) groups is 2. The van der Waals surface area contributed by atoms with E-state index in [0.717, 1.165) is 5.56 Å². The predicted molar refractivity (Wildman–Crippen MR) is 116 cm³/mol. The molecule has 1 aliphatic heterocycles. The van der Waals surface area contributed by atoms with Crippen LogP contribution in [0.15, 0.2) is 42.5 Å². The number of carbonyl (C=O) groups excluding carboxylic acids is 2. The number of hydrogen-bond donors (Lipinski definition) is 1. The second-order valence-corrected chi connectivity index (χ2v) is 8.27. The summed E-state index contributed by atoms with van der Waals surface area (Å²) in [5.74, 6) is 0.942.